The summed E-state index contributed by atoms with van der Waals surface area (Å²) < 4.78 is 0. The van der Waals surface area contributed by atoms with Crippen LogP contribution >= 0.6 is 22.7 Å². The lowest BCUT2D eigenvalue weighted by Crippen LogP contribution is -2.30. The zero-order valence-corrected chi connectivity index (χ0v) is 15.2. The molecule has 24 heavy (non-hydrogen) atoms. The van der Waals surface area contributed by atoms with Crippen molar-refractivity contribution in [1.82, 2.24) is 4.90 Å². The number of thiophene rings is 2. The molecule has 3 heterocycles. The van der Waals surface area contributed by atoms with Crippen molar-refractivity contribution in [2.75, 3.05) is 0 Å². The van der Waals surface area contributed by atoms with Crippen LogP contribution in [0.15, 0.2) is 46.4 Å². The molecule has 0 saturated carbocycles. The van der Waals surface area contributed by atoms with Crippen molar-refractivity contribution in [2.24, 2.45) is 5.92 Å². The number of nitrogens with zero attached hydrogens (tertiary/aromatic N) is 1. The minimum Gasteiger partial charge on any atom is -0.503 e. The molecular weight excluding hydrogens is 342 g/mol. The van der Waals surface area contributed by atoms with Gasteiger partial charge in [-0.3, -0.25) is 9.59 Å². The number of aliphatic hydroxyl groups is 1. The Morgan fingerprint density at radius 3 is 2.54 bits per heavy atom. The van der Waals surface area contributed by atoms with Gasteiger partial charge in [-0.25, -0.2) is 0 Å². The third-order valence-corrected chi connectivity index (χ3v) is 5.70. The average Bonchev–Trinajstić information content (AvgIpc) is 3.24. The predicted octanol–water partition coefficient (Wildman–Crippen LogP) is 4.32. The molecule has 1 amide bonds. The number of hydrogen-bond acceptors (Lipinski definition) is 5. The van der Waals surface area contributed by atoms with E-state index in [9.17, 15) is 14.7 Å². The smallest absolute Gasteiger partial charge is 0.290 e. The van der Waals surface area contributed by atoms with Gasteiger partial charge in [0.15, 0.2) is 11.5 Å². The molecule has 2 aromatic heterocycles. The Bertz CT molecular complexity index is 760. The van der Waals surface area contributed by atoms with E-state index in [1.165, 1.54) is 11.3 Å². The fourth-order valence-corrected chi connectivity index (χ4v) is 4.44. The summed E-state index contributed by atoms with van der Waals surface area (Å²) in [4.78, 5) is 28.8. The van der Waals surface area contributed by atoms with Crippen molar-refractivity contribution >= 4 is 34.4 Å². The van der Waals surface area contributed by atoms with Crippen LogP contribution < -0.4 is 0 Å². The summed E-state index contributed by atoms with van der Waals surface area (Å²) in [5.74, 6) is -0.837. The quantitative estimate of drug-likeness (QED) is 0.833. The number of hydrogen-bond donors (Lipinski definition) is 1. The van der Waals surface area contributed by atoms with E-state index in [-0.39, 0.29) is 17.3 Å². The Hall–Kier alpha value is -1.92. The monoisotopic (exact) mass is 361 g/mol. The van der Waals surface area contributed by atoms with E-state index < -0.39 is 17.7 Å². The van der Waals surface area contributed by atoms with Gasteiger partial charge in [0.2, 0.25) is 0 Å². The first-order valence-electron chi connectivity index (χ1n) is 7.82. The number of amides is 1. The van der Waals surface area contributed by atoms with Gasteiger partial charge >= 0.3 is 0 Å². The summed E-state index contributed by atoms with van der Waals surface area (Å²) >= 11 is 3.05. The number of aliphatic hydroxyl groups excluding tert-OH is 1. The molecule has 1 aliphatic rings. The van der Waals surface area contributed by atoms with Gasteiger partial charge in [0.05, 0.1) is 18.2 Å². The van der Waals surface area contributed by atoms with Crippen LogP contribution in [0, 0.1) is 5.92 Å². The molecule has 0 fully saturated rings. The lowest BCUT2D eigenvalue weighted by atomic mass is 9.95. The van der Waals surface area contributed by atoms with Gasteiger partial charge in [0, 0.05) is 16.2 Å². The van der Waals surface area contributed by atoms with Crippen LogP contribution in [0.4, 0.5) is 0 Å². The fraction of sp³-hybridized carbons (Fsp3) is 0.333. The first kappa shape index (κ1) is 16.9. The molecule has 4 nitrogen and oxygen atoms in total. The largest absolute Gasteiger partial charge is 0.503 e. The van der Waals surface area contributed by atoms with Crippen molar-refractivity contribution in [2.45, 2.75) is 32.9 Å². The SMILES string of the molecule is CC(C)CC(=O)C1=C(O)C(=O)N(Cc2cccs2)C1c1cccs1. The van der Waals surface area contributed by atoms with Crippen molar-refractivity contribution < 1.29 is 14.7 Å². The van der Waals surface area contributed by atoms with Crippen LogP contribution in [0.25, 0.3) is 0 Å². The van der Waals surface area contributed by atoms with Crippen LogP contribution in [0.2, 0.25) is 0 Å². The maximum absolute atomic E-state index is 12.7. The highest BCUT2D eigenvalue weighted by Gasteiger charge is 2.43. The maximum atomic E-state index is 12.7. The highest BCUT2D eigenvalue weighted by Crippen LogP contribution is 2.41. The fourth-order valence-electron chi connectivity index (χ4n) is 2.90. The Kier molecular flexibility index (Phi) is 4.87. The first-order valence-corrected chi connectivity index (χ1v) is 9.58. The molecule has 0 aromatic carbocycles. The Balaban J connectivity index is 1.99. The molecular formula is C18H19NO3S2. The minimum atomic E-state index is -0.495. The second kappa shape index (κ2) is 6.91. The topological polar surface area (TPSA) is 57.6 Å². The molecule has 0 radical (unpaired) electrons. The van der Waals surface area contributed by atoms with Crippen LogP contribution in [0.5, 0.6) is 0 Å². The average molecular weight is 361 g/mol. The highest BCUT2D eigenvalue weighted by molar-refractivity contribution is 7.10. The lowest BCUT2D eigenvalue weighted by Gasteiger charge is -2.25. The zero-order valence-electron chi connectivity index (χ0n) is 13.6. The zero-order chi connectivity index (χ0) is 17.3. The van der Waals surface area contributed by atoms with Gasteiger partial charge in [0.1, 0.15) is 0 Å². The maximum Gasteiger partial charge on any atom is 0.290 e. The summed E-state index contributed by atoms with van der Waals surface area (Å²) in [6.07, 6.45) is 0.321. The third kappa shape index (κ3) is 3.16. The van der Waals surface area contributed by atoms with Crippen molar-refractivity contribution in [3.63, 3.8) is 0 Å². The molecule has 0 aliphatic carbocycles. The first-order chi connectivity index (χ1) is 11.5. The van der Waals surface area contributed by atoms with Crippen LogP contribution in [-0.4, -0.2) is 21.7 Å². The summed E-state index contributed by atoms with van der Waals surface area (Å²) in [6, 6.07) is 7.19. The van der Waals surface area contributed by atoms with Gasteiger partial charge in [0.25, 0.3) is 5.91 Å². The Morgan fingerprint density at radius 2 is 1.96 bits per heavy atom. The van der Waals surface area contributed by atoms with E-state index in [4.69, 9.17) is 0 Å². The summed E-state index contributed by atoms with van der Waals surface area (Å²) in [6.45, 7) is 4.30. The highest BCUT2D eigenvalue weighted by atomic mass is 32.1. The van der Waals surface area contributed by atoms with Crippen molar-refractivity contribution in [1.29, 1.82) is 0 Å². The number of carbonyl (C=O) groups is 2. The molecule has 0 spiro atoms. The Labute approximate surface area is 149 Å². The van der Waals surface area contributed by atoms with Crippen LogP contribution in [0.1, 0.15) is 36.1 Å². The van der Waals surface area contributed by atoms with Gasteiger partial charge < -0.3 is 10.0 Å². The number of Topliss-reactive ketones (excluding diaryl/α,β-unsaturated/α-hetero) is 1. The second-order valence-corrected chi connectivity index (χ2v) is 8.23. The second-order valence-electron chi connectivity index (χ2n) is 6.21. The summed E-state index contributed by atoms with van der Waals surface area (Å²) in [7, 11) is 0. The normalized spacial score (nSPS) is 18.0. The van der Waals surface area contributed by atoms with Crippen LogP contribution in [-0.2, 0) is 16.1 Å². The summed E-state index contributed by atoms with van der Waals surface area (Å²) in [5, 5.41) is 14.3. The molecule has 2 aromatic rings. The molecule has 0 saturated heterocycles. The molecule has 1 atom stereocenters. The number of rotatable bonds is 6. The van der Waals surface area contributed by atoms with Gasteiger partial charge in [-0.15, -0.1) is 22.7 Å². The molecule has 1 aliphatic heterocycles. The molecule has 0 bridgehead atoms. The number of ketones is 1. The molecule has 126 valence electrons. The predicted molar refractivity (Wildman–Crippen MR) is 96.0 cm³/mol. The lowest BCUT2D eigenvalue weighted by molar-refractivity contribution is -0.129. The Morgan fingerprint density at radius 1 is 1.25 bits per heavy atom. The standard InChI is InChI=1S/C18H19NO3S2/c1-11(2)9-13(20)15-16(14-6-4-8-24-14)19(18(22)17(15)21)10-12-5-3-7-23-12/h3-8,11,16,21H,9-10H2,1-2H3. The van der Waals surface area contributed by atoms with Crippen molar-refractivity contribution in [3.8, 4) is 0 Å². The molecule has 1 unspecified atom stereocenters. The van der Waals surface area contributed by atoms with Gasteiger partial charge in [-0.1, -0.05) is 26.0 Å². The van der Waals surface area contributed by atoms with Gasteiger partial charge in [-0.2, -0.15) is 0 Å². The summed E-state index contributed by atoms with van der Waals surface area (Å²) in [5.41, 5.74) is 0.243. The van der Waals surface area contributed by atoms with E-state index in [1.54, 1.807) is 16.2 Å². The van der Waals surface area contributed by atoms with E-state index >= 15 is 0 Å². The van der Waals surface area contributed by atoms with E-state index in [2.05, 4.69) is 0 Å². The van der Waals surface area contributed by atoms with E-state index in [0.717, 1.165) is 9.75 Å². The van der Waals surface area contributed by atoms with Crippen LogP contribution in [0.3, 0.4) is 0 Å². The van der Waals surface area contributed by atoms with Crippen molar-refractivity contribution in [3.05, 3.63) is 56.1 Å². The molecule has 3 rings (SSSR count). The molecule has 6 heteroatoms. The van der Waals surface area contributed by atoms with Gasteiger partial charge in [-0.05, 0) is 28.8 Å². The van der Waals surface area contributed by atoms with E-state index in [1.807, 2.05) is 48.9 Å². The third-order valence-electron chi connectivity index (χ3n) is 3.92. The molecule has 1 N–H and O–H groups in total. The minimum absolute atomic E-state index is 0.150. The van der Waals surface area contributed by atoms with E-state index in [0.29, 0.717) is 13.0 Å². The number of carbonyl (C=O) groups excluding carboxylic acids is 2.